The molecule has 3 aliphatic heterocycles. The van der Waals surface area contributed by atoms with E-state index in [0.29, 0.717) is 17.9 Å². The van der Waals surface area contributed by atoms with E-state index in [4.69, 9.17) is 9.47 Å². The van der Waals surface area contributed by atoms with Gasteiger partial charge in [0.1, 0.15) is 6.17 Å². The van der Waals surface area contributed by atoms with Gasteiger partial charge in [-0.25, -0.2) is 4.39 Å². The Bertz CT molecular complexity index is 905. The molecule has 0 aromatic carbocycles. The van der Waals surface area contributed by atoms with E-state index in [1.807, 2.05) is 6.92 Å². The number of piperidine rings is 1. The van der Waals surface area contributed by atoms with Gasteiger partial charge in [-0.2, -0.15) is 0 Å². The molecule has 0 aromatic rings. The maximum absolute atomic E-state index is 16.8. The number of morpholine rings is 1. The average Bonchev–Trinajstić information content (AvgIpc) is 3.00. The molecule has 0 bridgehead atoms. The molecule has 5 aliphatic rings. The zero-order chi connectivity index (χ0) is 30.5. The quantitative estimate of drug-likeness (QED) is 0.415. The van der Waals surface area contributed by atoms with E-state index in [2.05, 4.69) is 41.2 Å². The molecular formula is C34H59FN4O4. The van der Waals surface area contributed by atoms with Crippen LogP contribution in [0.1, 0.15) is 79.1 Å². The van der Waals surface area contributed by atoms with Crippen molar-refractivity contribution in [2.24, 2.45) is 41.4 Å². The number of carbonyl (C=O) groups is 2. The van der Waals surface area contributed by atoms with Crippen molar-refractivity contribution < 1.29 is 23.5 Å². The zero-order valence-corrected chi connectivity index (χ0v) is 27.3. The Morgan fingerprint density at radius 3 is 2.33 bits per heavy atom. The summed E-state index contributed by atoms with van der Waals surface area (Å²) in [6.07, 6.45) is 6.96. The van der Waals surface area contributed by atoms with Crippen molar-refractivity contribution in [3.8, 4) is 0 Å². The Labute approximate surface area is 259 Å². The lowest BCUT2D eigenvalue weighted by molar-refractivity contribution is -0.139. The van der Waals surface area contributed by atoms with Crippen LogP contribution in [0.4, 0.5) is 4.39 Å². The van der Waals surface area contributed by atoms with Gasteiger partial charge >= 0.3 is 0 Å². The molecule has 8 nitrogen and oxygen atoms in total. The van der Waals surface area contributed by atoms with Crippen LogP contribution in [0.2, 0.25) is 0 Å². The van der Waals surface area contributed by atoms with E-state index in [-0.39, 0.29) is 54.1 Å². The molecule has 5 fully saturated rings. The summed E-state index contributed by atoms with van der Waals surface area (Å²) in [7, 11) is 0. The minimum atomic E-state index is -1.15. The van der Waals surface area contributed by atoms with Gasteiger partial charge in [0, 0.05) is 57.5 Å². The number of carbonyl (C=O) groups excluding carboxylic acids is 2. The van der Waals surface area contributed by atoms with E-state index in [0.717, 1.165) is 104 Å². The second-order valence-corrected chi connectivity index (χ2v) is 14.6. The molecule has 9 heteroatoms. The number of ether oxygens (including phenoxy) is 2. The van der Waals surface area contributed by atoms with Crippen molar-refractivity contribution in [1.82, 2.24) is 20.4 Å². The van der Waals surface area contributed by atoms with Crippen molar-refractivity contribution in [2.75, 3.05) is 59.2 Å². The second kappa shape index (κ2) is 15.3. The van der Waals surface area contributed by atoms with Crippen LogP contribution in [0.5, 0.6) is 0 Å². The van der Waals surface area contributed by atoms with E-state index in [1.165, 1.54) is 0 Å². The lowest BCUT2D eigenvalue weighted by atomic mass is 9.62. The van der Waals surface area contributed by atoms with Crippen LogP contribution in [0.15, 0.2) is 0 Å². The normalized spacial score (nSPS) is 40.3. The number of hydrogen-bond donors (Lipinski definition) is 2. The number of hydrogen-bond acceptors (Lipinski definition) is 6. The lowest BCUT2D eigenvalue weighted by Crippen LogP contribution is -2.59. The fourth-order valence-electron chi connectivity index (χ4n) is 9.43. The summed E-state index contributed by atoms with van der Waals surface area (Å²) in [5.41, 5.74) is 0. The van der Waals surface area contributed by atoms with E-state index in [9.17, 15) is 9.59 Å². The minimum absolute atomic E-state index is 0.00121. The van der Waals surface area contributed by atoms with E-state index in [1.54, 1.807) is 0 Å². The van der Waals surface area contributed by atoms with Crippen LogP contribution in [-0.2, 0) is 19.1 Å². The van der Waals surface area contributed by atoms with Gasteiger partial charge in [0.15, 0.2) is 0 Å². The predicted molar refractivity (Wildman–Crippen MR) is 166 cm³/mol. The third-order valence-corrected chi connectivity index (χ3v) is 11.9. The lowest BCUT2D eigenvalue weighted by Gasteiger charge is -2.51. The standard InChI is InChI=1S/C34H59FN4O4/c1-5-39(27-10-14-42-15-11-27)30-19-28(26-8-6-25(7-9-26)21-38-12-16-43-17-13-38)32(35)31(24(30)4)34(41)36-20-29-22(2)18-23(3)37-33(29)40/h22-32H,5-21H2,1-4H3,(H,36,41)(H,37,40). The molecule has 0 radical (unpaired) electrons. The van der Waals surface area contributed by atoms with Gasteiger partial charge in [-0.3, -0.25) is 19.4 Å². The molecule has 8 atom stereocenters. The van der Waals surface area contributed by atoms with Gasteiger partial charge < -0.3 is 20.1 Å². The van der Waals surface area contributed by atoms with Gasteiger partial charge in [0.05, 0.1) is 25.0 Å². The molecule has 43 heavy (non-hydrogen) atoms. The summed E-state index contributed by atoms with van der Waals surface area (Å²) in [4.78, 5) is 31.8. The molecule has 2 saturated carbocycles. The van der Waals surface area contributed by atoms with Crippen LogP contribution < -0.4 is 10.6 Å². The third-order valence-electron chi connectivity index (χ3n) is 11.9. The van der Waals surface area contributed by atoms with Gasteiger partial charge in [0.2, 0.25) is 11.8 Å². The average molecular weight is 607 g/mol. The summed E-state index contributed by atoms with van der Waals surface area (Å²) in [6, 6.07) is 0.744. The number of rotatable bonds is 9. The second-order valence-electron chi connectivity index (χ2n) is 14.6. The minimum Gasteiger partial charge on any atom is -0.381 e. The van der Waals surface area contributed by atoms with Gasteiger partial charge in [-0.1, -0.05) is 20.8 Å². The molecule has 246 valence electrons. The van der Waals surface area contributed by atoms with Gasteiger partial charge in [-0.15, -0.1) is 0 Å². The Balaban J connectivity index is 1.28. The van der Waals surface area contributed by atoms with Crippen LogP contribution in [0, 0.1) is 41.4 Å². The molecule has 5 rings (SSSR count). The maximum atomic E-state index is 16.8. The zero-order valence-electron chi connectivity index (χ0n) is 27.3. The summed E-state index contributed by atoms with van der Waals surface area (Å²) >= 11 is 0. The van der Waals surface area contributed by atoms with Crippen LogP contribution in [0.25, 0.3) is 0 Å². The Morgan fingerprint density at radius 1 is 1.00 bits per heavy atom. The maximum Gasteiger partial charge on any atom is 0.226 e. The first-order valence-corrected chi connectivity index (χ1v) is 17.6. The highest BCUT2D eigenvalue weighted by atomic mass is 19.1. The summed E-state index contributed by atoms with van der Waals surface area (Å²) in [5.74, 6) is -0.169. The molecule has 3 heterocycles. The molecule has 2 aliphatic carbocycles. The summed E-state index contributed by atoms with van der Waals surface area (Å²) in [5, 5.41) is 6.13. The monoisotopic (exact) mass is 606 g/mol. The Morgan fingerprint density at radius 2 is 1.67 bits per heavy atom. The fraction of sp³-hybridized carbons (Fsp3) is 0.941. The SMILES string of the molecule is CCN(C1CCOCC1)C1CC(C2CCC(CN3CCOCC3)CC2)C(F)C(C(=O)NCC2C(=O)NC(C)CC2C)C1C. The first-order chi connectivity index (χ1) is 20.8. The fourth-order valence-corrected chi connectivity index (χ4v) is 9.43. The van der Waals surface area contributed by atoms with Crippen molar-refractivity contribution in [3.63, 3.8) is 0 Å². The van der Waals surface area contributed by atoms with Gasteiger partial charge in [0.25, 0.3) is 0 Å². The van der Waals surface area contributed by atoms with Crippen LogP contribution >= 0.6 is 0 Å². The molecular weight excluding hydrogens is 547 g/mol. The number of nitrogens with one attached hydrogen (secondary N) is 2. The number of alkyl halides is 1. The molecule has 2 amide bonds. The van der Waals surface area contributed by atoms with Crippen molar-refractivity contribution >= 4 is 11.8 Å². The van der Waals surface area contributed by atoms with Crippen molar-refractivity contribution in [1.29, 1.82) is 0 Å². The topological polar surface area (TPSA) is 83.1 Å². The van der Waals surface area contributed by atoms with Gasteiger partial charge in [-0.05, 0) is 94.4 Å². The third kappa shape index (κ3) is 7.93. The first-order valence-electron chi connectivity index (χ1n) is 17.6. The highest BCUT2D eigenvalue weighted by molar-refractivity contribution is 5.83. The molecule has 0 aromatic heterocycles. The summed E-state index contributed by atoms with van der Waals surface area (Å²) in [6.45, 7) is 16.0. The van der Waals surface area contributed by atoms with Crippen molar-refractivity contribution in [3.05, 3.63) is 0 Å². The number of nitrogens with zero attached hydrogens (tertiary/aromatic N) is 2. The first kappa shape index (κ1) is 33.1. The summed E-state index contributed by atoms with van der Waals surface area (Å²) < 4.78 is 28.0. The number of amides is 2. The highest BCUT2D eigenvalue weighted by Gasteiger charge is 2.51. The largest absolute Gasteiger partial charge is 0.381 e. The predicted octanol–water partition coefficient (Wildman–Crippen LogP) is 3.88. The van der Waals surface area contributed by atoms with Crippen molar-refractivity contribution in [2.45, 2.75) is 103 Å². The van der Waals surface area contributed by atoms with Crippen LogP contribution in [0.3, 0.4) is 0 Å². The van der Waals surface area contributed by atoms with Crippen LogP contribution in [-0.4, -0.2) is 105 Å². The molecule has 2 N–H and O–H groups in total. The van der Waals surface area contributed by atoms with E-state index < -0.39 is 12.1 Å². The number of halogens is 1. The Kier molecular flexibility index (Phi) is 11.8. The Hall–Kier alpha value is -1.29. The smallest absolute Gasteiger partial charge is 0.226 e. The van der Waals surface area contributed by atoms with E-state index >= 15 is 4.39 Å². The molecule has 8 unspecified atom stereocenters. The highest BCUT2D eigenvalue weighted by Crippen LogP contribution is 2.47. The molecule has 0 spiro atoms. The molecule has 3 saturated heterocycles.